The molecule has 30 heavy (non-hydrogen) atoms. The highest BCUT2D eigenvalue weighted by molar-refractivity contribution is 6.07. The van der Waals surface area contributed by atoms with Crippen LogP contribution in [-0.2, 0) is 4.79 Å². The minimum Gasteiger partial charge on any atom is -0.369 e. The predicted molar refractivity (Wildman–Crippen MR) is 119 cm³/mol. The fraction of sp³-hybridized carbons (Fsp3) is 0.667. The summed E-state index contributed by atoms with van der Waals surface area (Å²) in [5.74, 6) is 0.615. The van der Waals surface area contributed by atoms with E-state index in [0.717, 1.165) is 58.3 Å². The molecule has 1 aromatic rings. The molecule has 0 atom stereocenters. The quantitative estimate of drug-likeness (QED) is 0.750. The van der Waals surface area contributed by atoms with E-state index in [1.807, 2.05) is 6.07 Å². The van der Waals surface area contributed by atoms with E-state index in [2.05, 4.69) is 60.2 Å². The summed E-state index contributed by atoms with van der Waals surface area (Å²) in [6.45, 7) is 10.8. The number of nitrogens with one attached hydrogen (secondary N) is 1. The zero-order chi connectivity index (χ0) is 21.4. The summed E-state index contributed by atoms with van der Waals surface area (Å²) in [6, 6.07) is 10.2. The Morgan fingerprint density at radius 3 is 2.27 bits per heavy atom. The fourth-order valence-corrected chi connectivity index (χ4v) is 5.31. The highest BCUT2D eigenvalue weighted by Crippen LogP contribution is 2.45. The van der Waals surface area contributed by atoms with Gasteiger partial charge in [-0.1, -0.05) is 45.4 Å². The predicted octanol–water partition coefficient (Wildman–Crippen LogP) is 3.68. The van der Waals surface area contributed by atoms with E-state index >= 15 is 0 Å². The van der Waals surface area contributed by atoms with Crippen LogP contribution < -0.4 is 10.2 Å². The third kappa shape index (κ3) is 3.94. The Morgan fingerprint density at radius 1 is 1.03 bits per heavy atom. The van der Waals surface area contributed by atoms with Crippen molar-refractivity contribution >= 4 is 17.6 Å². The van der Waals surface area contributed by atoms with Crippen molar-refractivity contribution in [3.05, 3.63) is 30.3 Å². The second kappa shape index (κ2) is 8.22. The molecule has 1 N–H and O–H groups in total. The lowest BCUT2D eigenvalue weighted by atomic mass is 9.65. The number of hydrogen-bond donors (Lipinski definition) is 1. The Bertz CT molecular complexity index is 763. The molecule has 0 aromatic heterocycles. The van der Waals surface area contributed by atoms with Gasteiger partial charge in [0, 0.05) is 31.9 Å². The van der Waals surface area contributed by atoms with Gasteiger partial charge in [-0.3, -0.25) is 9.69 Å². The minimum atomic E-state index is -0.663. The lowest BCUT2D eigenvalue weighted by molar-refractivity contribution is -0.134. The van der Waals surface area contributed by atoms with Crippen molar-refractivity contribution in [1.82, 2.24) is 15.1 Å². The van der Waals surface area contributed by atoms with Crippen molar-refractivity contribution < 1.29 is 9.59 Å². The van der Waals surface area contributed by atoms with Gasteiger partial charge in [-0.15, -0.1) is 0 Å². The van der Waals surface area contributed by atoms with Gasteiger partial charge in [0.05, 0.1) is 6.67 Å². The molecular formula is C24H36N4O2. The van der Waals surface area contributed by atoms with Crippen LogP contribution in [0.25, 0.3) is 0 Å². The van der Waals surface area contributed by atoms with Gasteiger partial charge in [-0.25, -0.2) is 9.69 Å². The summed E-state index contributed by atoms with van der Waals surface area (Å²) in [4.78, 5) is 32.0. The summed E-state index contributed by atoms with van der Waals surface area (Å²) in [5, 5.41) is 3.08. The van der Waals surface area contributed by atoms with E-state index < -0.39 is 5.54 Å². The van der Waals surface area contributed by atoms with E-state index in [1.54, 1.807) is 0 Å². The number of amides is 3. The normalized spacial score (nSPS) is 28.3. The molecule has 6 nitrogen and oxygen atoms in total. The maximum Gasteiger partial charge on any atom is 0.326 e. The molecule has 0 radical (unpaired) electrons. The van der Waals surface area contributed by atoms with Gasteiger partial charge in [0.15, 0.2) is 0 Å². The highest BCUT2D eigenvalue weighted by Gasteiger charge is 2.53. The van der Waals surface area contributed by atoms with Crippen LogP contribution in [0.4, 0.5) is 10.5 Å². The van der Waals surface area contributed by atoms with Gasteiger partial charge in [0.2, 0.25) is 0 Å². The van der Waals surface area contributed by atoms with Gasteiger partial charge < -0.3 is 10.2 Å². The molecule has 2 heterocycles. The van der Waals surface area contributed by atoms with Crippen molar-refractivity contribution in [3.63, 3.8) is 0 Å². The number of benzene rings is 1. The van der Waals surface area contributed by atoms with Crippen LogP contribution in [0.5, 0.6) is 0 Å². The summed E-state index contributed by atoms with van der Waals surface area (Å²) < 4.78 is 0. The molecule has 2 saturated heterocycles. The Balaban J connectivity index is 1.33. The maximum absolute atomic E-state index is 13.3. The standard InChI is InChI=1S/C24H36N4O2/c1-4-23(2,3)19-10-12-24(13-11-19)21(29)28(22(30)25-24)18-26-14-16-27(17-15-26)20-8-6-5-7-9-20/h5-9,19H,4,10-18H2,1-3H3,(H,25,30). The molecule has 2 aliphatic heterocycles. The van der Waals surface area contributed by atoms with Crippen molar-refractivity contribution in [1.29, 1.82) is 0 Å². The molecule has 0 bridgehead atoms. The van der Waals surface area contributed by atoms with Gasteiger partial charge in [-0.05, 0) is 49.1 Å². The Morgan fingerprint density at radius 2 is 1.67 bits per heavy atom. The SMILES string of the molecule is CCC(C)(C)C1CCC2(CC1)NC(=O)N(CN1CCN(c3ccccc3)CC1)C2=O. The number of rotatable bonds is 5. The summed E-state index contributed by atoms with van der Waals surface area (Å²) in [5.41, 5.74) is 0.868. The molecule has 4 rings (SSSR count). The average Bonchev–Trinajstić information content (AvgIpc) is 2.99. The molecule has 1 saturated carbocycles. The fourth-order valence-electron chi connectivity index (χ4n) is 5.31. The minimum absolute atomic E-state index is 0.00857. The van der Waals surface area contributed by atoms with Crippen LogP contribution in [0.15, 0.2) is 30.3 Å². The number of hydrogen-bond acceptors (Lipinski definition) is 4. The molecule has 3 fully saturated rings. The molecule has 1 aromatic carbocycles. The summed E-state index contributed by atoms with van der Waals surface area (Å²) in [6.07, 6.45) is 4.70. The maximum atomic E-state index is 13.3. The number of para-hydroxylation sites is 1. The second-order valence-corrected chi connectivity index (χ2v) is 9.94. The molecule has 164 valence electrons. The van der Waals surface area contributed by atoms with E-state index in [0.29, 0.717) is 18.0 Å². The van der Waals surface area contributed by atoms with Crippen LogP contribution in [0, 0.1) is 11.3 Å². The highest BCUT2D eigenvalue weighted by atomic mass is 16.2. The number of anilines is 1. The lowest BCUT2D eigenvalue weighted by Crippen LogP contribution is -2.53. The van der Waals surface area contributed by atoms with Crippen LogP contribution in [0.2, 0.25) is 0 Å². The van der Waals surface area contributed by atoms with Gasteiger partial charge in [0.1, 0.15) is 5.54 Å². The zero-order valence-corrected chi connectivity index (χ0v) is 18.7. The number of urea groups is 1. The van der Waals surface area contributed by atoms with E-state index in [4.69, 9.17) is 0 Å². The average molecular weight is 413 g/mol. The number of nitrogens with zero attached hydrogens (tertiary/aromatic N) is 3. The van der Waals surface area contributed by atoms with Crippen molar-refractivity contribution in [2.75, 3.05) is 37.7 Å². The topological polar surface area (TPSA) is 55.9 Å². The van der Waals surface area contributed by atoms with Crippen LogP contribution in [0.1, 0.15) is 52.9 Å². The third-order valence-corrected chi connectivity index (χ3v) is 7.94. The zero-order valence-electron chi connectivity index (χ0n) is 18.7. The Kier molecular flexibility index (Phi) is 5.80. The molecule has 1 aliphatic carbocycles. The van der Waals surface area contributed by atoms with Crippen LogP contribution >= 0.6 is 0 Å². The first-order valence-electron chi connectivity index (χ1n) is 11.5. The summed E-state index contributed by atoms with van der Waals surface area (Å²) >= 11 is 0. The first-order chi connectivity index (χ1) is 14.3. The first kappa shape index (κ1) is 21.2. The van der Waals surface area contributed by atoms with Gasteiger partial charge in [-0.2, -0.15) is 0 Å². The monoisotopic (exact) mass is 412 g/mol. The molecule has 0 unspecified atom stereocenters. The molecule has 6 heteroatoms. The molecule has 3 aliphatic rings. The van der Waals surface area contributed by atoms with Gasteiger partial charge >= 0.3 is 6.03 Å². The molecule has 1 spiro atoms. The van der Waals surface area contributed by atoms with Crippen LogP contribution in [-0.4, -0.2) is 60.1 Å². The Labute approximate surface area is 180 Å². The largest absolute Gasteiger partial charge is 0.369 e. The number of piperazine rings is 1. The van der Waals surface area contributed by atoms with E-state index in [-0.39, 0.29) is 11.9 Å². The first-order valence-corrected chi connectivity index (χ1v) is 11.5. The lowest BCUT2D eigenvalue weighted by Gasteiger charge is -2.42. The summed E-state index contributed by atoms with van der Waals surface area (Å²) in [7, 11) is 0. The molecular weight excluding hydrogens is 376 g/mol. The van der Waals surface area contributed by atoms with Crippen molar-refractivity contribution in [3.8, 4) is 0 Å². The van der Waals surface area contributed by atoms with Gasteiger partial charge in [0.25, 0.3) is 5.91 Å². The number of carbonyl (C=O) groups excluding carboxylic acids is 2. The number of carbonyl (C=O) groups is 2. The second-order valence-electron chi connectivity index (χ2n) is 9.94. The van der Waals surface area contributed by atoms with E-state index in [1.165, 1.54) is 10.6 Å². The number of imide groups is 1. The van der Waals surface area contributed by atoms with E-state index in [9.17, 15) is 9.59 Å². The molecule has 3 amide bonds. The van der Waals surface area contributed by atoms with Crippen molar-refractivity contribution in [2.45, 2.75) is 58.4 Å². The van der Waals surface area contributed by atoms with Crippen LogP contribution in [0.3, 0.4) is 0 Å². The third-order valence-electron chi connectivity index (χ3n) is 7.94. The van der Waals surface area contributed by atoms with Crippen molar-refractivity contribution in [2.24, 2.45) is 11.3 Å². The Hall–Kier alpha value is -2.08. The smallest absolute Gasteiger partial charge is 0.326 e.